The van der Waals surface area contributed by atoms with Gasteiger partial charge in [0.05, 0.1) is 112 Å². The van der Waals surface area contributed by atoms with E-state index in [-0.39, 0.29) is 35.6 Å². The standard InChI is InChI=1S/C40H70BrN3O11/c1-33(2)40(47)37(44-34(3)4)8-5-6-14-42-38(45)13-17-49-19-21-51-23-25-53-27-29-55-31-30-54-28-26-52-24-22-50-20-18-48-16-7-15-43-39(46)32-35-9-11-36(41)12-10-35/h9-12,33-34,37,44H,5-8,13-32H2,1-4H3,(H,42,45)(H,43,46)/t37-/m1/s1. The summed E-state index contributed by atoms with van der Waals surface area (Å²) in [5.74, 6) is 0.222. The predicted octanol–water partition coefficient (Wildman–Crippen LogP) is 3.90. The summed E-state index contributed by atoms with van der Waals surface area (Å²) >= 11 is 3.39. The van der Waals surface area contributed by atoms with Crippen LogP contribution in [0, 0.1) is 5.92 Å². The number of unbranched alkanes of at least 4 members (excludes halogenated alkanes) is 1. The normalized spacial score (nSPS) is 12.1. The molecule has 0 fully saturated rings. The molecule has 0 aliphatic rings. The fraction of sp³-hybridized carbons (Fsp3) is 0.775. The molecule has 0 saturated carbocycles. The Balaban J connectivity index is 1.73. The number of hydrogen-bond acceptors (Lipinski definition) is 12. The molecule has 0 bridgehead atoms. The molecule has 0 aromatic heterocycles. The van der Waals surface area contributed by atoms with Crippen LogP contribution in [0.2, 0.25) is 0 Å². The number of halogens is 1. The van der Waals surface area contributed by atoms with Crippen molar-refractivity contribution in [1.82, 2.24) is 16.0 Å². The van der Waals surface area contributed by atoms with Gasteiger partial charge in [0.25, 0.3) is 0 Å². The summed E-state index contributed by atoms with van der Waals surface area (Å²) in [6, 6.07) is 7.85. The number of rotatable bonds is 39. The Morgan fingerprint density at radius 3 is 1.42 bits per heavy atom. The van der Waals surface area contributed by atoms with Gasteiger partial charge in [-0.15, -0.1) is 0 Å². The lowest BCUT2D eigenvalue weighted by Crippen LogP contribution is -2.42. The topological polar surface area (TPSA) is 161 Å². The lowest BCUT2D eigenvalue weighted by Gasteiger charge is -2.22. The highest BCUT2D eigenvalue weighted by Crippen LogP contribution is 2.11. The van der Waals surface area contributed by atoms with E-state index in [0.29, 0.717) is 132 Å². The van der Waals surface area contributed by atoms with Gasteiger partial charge < -0.3 is 53.8 Å². The maximum atomic E-state index is 12.4. The second-order valence-electron chi connectivity index (χ2n) is 13.4. The van der Waals surface area contributed by atoms with Crippen LogP contribution in [0.1, 0.15) is 65.4 Å². The van der Waals surface area contributed by atoms with Gasteiger partial charge in [-0.1, -0.05) is 55.8 Å². The van der Waals surface area contributed by atoms with Gasteiger partial charge in [-0.05, 0) is 43.4 Å². The number of nitrogens with one attached hydrogen (secondary N) is 3. The number of carbonyl (C=O) groups excluding carboxylic acids is 3. The molecule has 318 valence electrons. The van der Waals surface area contributed by atoms with E-state index in [9.17, 15) is 14.4 Å². The summed E-state index contributed by atoms with van der Waals surface area (Å²) in [5.41, 5.74) is 0.982. The highest BCUT2D eigenvalue weighted by atomic mass is 79.9. The monoisotopic (exact) mass is 847 g/mol. The third kappa shape index (κ3) is 32.7. The van der Waals surface area contributed by atoms with Gasteiger partial charge in [0, 0.05) is 42.5 Å². The Kier molecular flexibility index (Phi) is 33.6. The summed E-state index contributed by atoms with van der Waals surface area (Å²) in [6.07, 6.45) is 3.91. The van der Waals surface area contributed by atoms with Gasteiger partial charge in [0.15, 0.2) is 5.78 Å². The van der Waals surface area contributed by atoms with Crippen LogP contribution in [0.15, 0.2) is 28.7 Å². The van der Waals surface area contributed by atoms with E-state index in [4.69, 9.17) is 37.9 Å². The first-order valence-electron chi connectivity index (χ1n) is 19.9. The van der Waals surface area contributed by atoms with Crippen molar-refractivity contribution in [3.8, 4) is 0 Å². The molecule has 15 heteroatoms. The SMILES string of the molecule is CC(C)N[C@H](CCCCNC(=O)CCOCCOCCOCCOCCOCCOCCOCCOCCCNC(=O)Cc1ccc(Br)cc1)C(=O)C(C)C. The lowest BCUT2D eigenvalue weighted by atomic mass is 9.96. The Morgan fingerprint density at radius 1 is 0.545 bits per heavy atom. The zero-order valence-corrected chi connectivity index (χ0v) is 35.5. The van der Waals surface area contributed by atoms with E-state index >= 15 is 0 Å². The molecule has 3 N–H and O–H groups in total. The summed E-state index contributed by atoms with van der Waals surface area (Å²) in [4.78, 5) is 36.4. The Hall–Kier alpha value is -2.05. The molecule has 0 unspecified atom stereocenters. The smallest absolute Gasteiger partial charge is 0.224 e. The molecular weight excluding hydrogens is 778 g/mol. The van der Waals surface area contributed by atoms with Gasteiger partial charge in [0.1, 0.15) is 0 Å². The average molecular weight is 849 g/mol. The largest absolute Gasteiger partial charge is 0.379 e. The van der Waals surface area contributed by atoms with E-state index in [2.05, 4.69) is 31.9 Å². The van der Waals surface area contributed by atoms with Crippen molar-refractivity contribution in [3.05, 3.63) is 34.3 Å². The van der Waals surface area contributed by atoms with Gasteiger partial charge in [0.2, 0.25) is 11.8 Å². The van der Waals surface area contributed by atoms with Crippen molar-refractivity contribution >= 4 is 33.5 Å². The minimum Gasteiger partial charge on any atom is -0.379 e. The van der Waals surface area contributed by atoms with Gasteiger partial charge in [-0.25, -0.2) is 0 Å². The first-order chi connectivity index (χ1) is 26.7. The summed E-state index contributed by atoms with van der Waals surface area (Å²) in [5, 5.41) is 9.18. The molecule has 1 aromatic rings. The number of hydrogen-bond donors (Lipinski definition) is 3. The summed E-state index contributed by atoms with van der Waals surface area (Å²) in [7, 11) is 0. The van der Waals surface area contributed by atoms with Crippen LogP contribution >= 0.6 is 15.9 Å². The molecule has 0 aliphatic carbocycles. The molecule has 0 spiro atoms. The van der Waals surface area contributed by atoms with Crippen LogP contribution in [-0.4, -0.2) is 148 Å². The van der Waals surface area contributed by atoms with Crippen LogP contribution in [-0.2, 0) is 58.7 Å². The number of amides is 2. The first kappa shape index (κ1) is 51.0. The first-order valence-corrected chi connectivity index (χ1v) is 20.7. The zero-order chi connectivity index (χ0) is 40.2. The zero-order valence-electron chi connectivity index (χ0n) is 33.9. The van der Waals surface area contributed by atoms with Crippen molar-refractivity contribution in [2.24, 2.45) is 5.92 Å². The van der Waals surface area contributed by atoms with Crippen molar-refractivity contribution < 1.29 is 52.3 Å². The molecule has 0 saturated heterocycles. The highest BCUT2D eigenvalue weighted by molar-refractivity contribution is 9.10. The van der Waals surface area contributed by atoms with E-state index in [1.807, 2.05) is 52.0 Å². The maximum Gasteiger partial charge on any atom is 0.224 e. The van der Waals surface area contributed by atoms with Crippen LogP contribution in [0.3, 0.4) is 0 Å². The van der Waals surface area contributed by atoms with E-state index in [1.54, 1.807) is 0 Å². The predicted molar refractivity (Wildman–Crippen MR) is 215 cm³/mol. The third-order valence-corrected chi connectivity index (χ3v) is 8.36. The minimum absolute atomic E-state index is 0.00617. The molecule has 1 atom stereocenters. The molecule has 1 rings (SSSR count). The van der Waals surface area contributed by atoms with Gasteiger partial charge in [-0.3, -0.25) is 14.4 Å². The molecule has 0 heterocycles. The second-order valence-corrected chi connectivity index (χ2v) is 14.3. The maximum absolute atomic E-state index is 12.4. The van der Waals surface area contributed by atoms with Gasteiger partial charge >= 0.3 is 0 Å². The molecule has 0 radical (unpaired) electrons. The van der Waals surface area contributed by atoms with E-state index in [1.165, 1.54) is 0 Å². The van der Waals surface area contributed by atoms with Crippen molar-refractivity contribution in [2.45, 2.75) is 78.3 Å². The Bertz CT molecular complexity index is 1080. The average Bonchev–Trinajstić information content (AvgIpc) is 3.15. The van der Waals surface area contributed by atoms with Gasteiger partial charge in [-0.2, -0.15) is 0 Å². The summed E-state index contributed by atoms with van der Waals surface area (Å²) < 4.78 is 45.0. The summed E-state index contributed by atoms with van der Waals surface area (Å²) in [6.45, 7) is 16.7. The molecule has 55 heavy (non-hydrogen) atoms. The molecule has 1 aromatic carbocycles. The molecular formula is C40H70BrN3O11. The van der Waals surface area contributed by atoms with E-state index < -0.39 is 0 Å². The number of Topliss-reactive ketones (excluding diaryl/α,β-unsaturated/α-hetero) is 1. The highest BCUT2D eigenvalue weighted by Gasteiger charge is 2.21. The fourth-order valence-corrected chi connectivity index (χ4v) is 5.22. The fourth-order valence-electron chi connectivity index (χ4n) is 4.96. The van der Waals surface area contributed by atoms with E-state index in [0.717, 1.165) is 35.7 Å². The Morgan fingerprint density at radius 2 is 0.964 bits per heavy atom. The quantitative estimate of drug-likeness (QED) is 0.0822. The number of benzene rings is 1. The molecule has 0 aliphatic heterocycles. The number of ether oxygens (including phenoxy) is 8. The van der Waals surface area contributed by atoms with Crippen molar-refractivity contribution in [2.75, 3.05) is 119 Å². The van der Waals surface area contributed by atoms with Crippen molar-refractivity contribution in [1.29, 1.82) is 0 Å². The second kappa shape index (κ2) is 36.3. The van der Waals surface area contributed by atoms with Crippen LogP contribution in [0.4, 0.5) is 0 Å². The number of carbonyl (C=O) groups is 3. The molecule has 14 nitrogen and oxygen atoms in total. The third-order valence-electron chi connectivity index (χ3n) is 7.83. The van der Waals surface area contributed by atoms with Crippen LogP contribution in [0.25, 0.3) is 0 Å². The molecule has 2 amide bonds. The number of ketones is 1. The Labute approximate surface area is 338 Å². The van der Waals surface area contributed by atoms with Crippen LogP contribution < -0.4 is 16.0 Å². The van der Waals surface area contributed by atoms with Crippen LogP contribution in [0.5, 0.6) is 0 Å². The minimum atomic E-state index is -0.126. The lowest BCUT2D eigenvalue weighted by molar-refractivity contribution is -0.124. The van der Waals surface area contributed by atoms with Crippen molar-refractivity contribution in [3.63, 3.8) is 0 Å².